The van der Waals surface area contributed by atoms with Crippen molar-refractivity contribution < 1.29 is 19.8 Å². The number of carbonyl (C=O) groups is 2. The Morgan fingerprint density at radius 2 is 1.11 bits per heavy atom. The molecule has 2 atom stereocenters. The predicted molar refractivity (Wildman–Crippen MR) is 70.5 cm³/mol. The van der Waals surface area contributed by atoms with Crippen molar-refractivity contribution in [1.82, 2.24) is 0 Å². The van der Waals surface area contributed by atoms with E-state index in [1.807, 2.05) is 13.8 Å². The van der Waals surface area contributed by atoms with Crippen molar-refractivity contribution in [3.8, 4) is 0 Å². The molecule has 106 valence electrons. The molecule has 0 radical (unpaired) electrons. The van der Waals surface area contributed by atoms with Gasteiger partial charge < -0.3 is 10.2 Å². The predicted octanol–water partition coefficient (Wildman–Crippen LogP) is 3.55. The molecule has 2 unspecified atom stereocenters. The second-order valence-corrected chi connectivity index (χ2v) is 5.65. The highest BCUT2D eigenvalue weighted by Crippen LogP contribution is 2.32. The van der Waals surface area contributed by atoms with Gasteiger partial charge in [0, 0.05) is 0 Å². The molecule has 2 N–H and O–H groups in total. The van der Waals surface area contributed by atoms with E-state index in [9.17, 15) is 9.59 Å². The van der Waals surface area contributed by atoms with E-state index in [4.69, 9.17) is 10.2 Å². The topological polar surface area (TPSA) is 74.6 Å². The summed E-state index contributed by atoms with van der Waals surface area (Å²) in [6.07, 6.45) is 3.95. The smallest absolute Gasteiger partial charge is 0.309 e. The van der Waals surface area contributed by atoms with E-state index in [2.05, 4.69) is 0 Å². The lowest BCUT2D eigenvalue weighted by molar-refractivity contribution is -0.150. The molecule has 0 aromatic rings. The monoisotopic (exact) mass is 258 g/mol. The number of carboxylic acids is 2. The molecule has 0 spiro atoms. The summed E-state index contributed by atoms with van der Waals surface area (Å²) in [6.45, 7) is 7.26. The normalized spacial score (nSPS) is 17.8. The van der Waals surface area contributed by atoms with Crippen molar-refractivity contribution in [2.24, 2.45) is 10.8 Å². The van der Waals surface area contributed by atoms with Gasteiger partial charge in [-0.05, 0) is 39.5 Å². The first-order chi connectivity index (χ1) is 8.22. The van der Waals surface area contributed by atoms with Crippen LogP contribution in [-0.4, -0.2) is 22.2 Å². The minimum Gasteiger partial charge on any atom is -0.481 e. The van der Waals surface area contributed by atoms with Crippen LogP contribution in [0.1, 0.15) is 66.2 Å². The van der Waals surface area contributed by atoms with Gasteiger partial charge in [0.1, 0.15) is 0 Å². The van der Waals surface area contributed by atoms with Crippen molar-refractivity contribution in [3.63, 3.8) is 0 Å². The lowest BCUT2D eigenvalue weighted by Crippen LogP contribution is -2.28. The molecule has 0 aliphatic heterocycles. The van der Waals surface area contributed by atoms with Crippen LogP contribution in [-0.2, 0) is 9.59 Å². The first-order valence-electron chi connectivity index (χ1n) is 6.68. The van der Waals surface area contributed by atoms with Crippen LogP contribution < -0.4 is 0 Å². The fraction of sp³-hybridized carbons (Fsp3) is 0.857. The minimum absolute atomic E-state index is 0.603. The molecule has 0 saturated heterocycles. The van der Waals surface area contributed by atoms with Gasteiger partial charge >= 0.3 is 11.9 Å². The average Bonchev–Trinajstić information content (AvgIpc) is 2.33. The number of rotatable bonds is 9. The zero-order chi connectivity index (χ0) is 14.4. The van der Waals surface area contributed by atoms with Crippen molar-refractivity contribution >= 4 is 11.9 Å². The van der Waals surface area contributed by atoms with Crippen molar-refractivity contribution in [1.29, 1.82) is 0 Å². The zero-order valence-corrected chi connectivity index (χ0v) is 12.0. The van der Waals surface area contributed by atoms with Gasteiger partial charge in [0.2, 0.25) is 0 Å². The van der Waals surface area contributed by atoms with Crippen LogP contribution in [0.5, 0.6) is 0 Å². The molecule has 0 amide bonds. The van der Waals surface area contributed by atoms with Gasteiger partial charge in [0.05, 0.1) is 10.8 Å². The largest absolute Gasteiger partial charge is 0.481 e. The third kappa shape index (κ3) is 4.31. The lowest BCUT2D eigenvalue weighted by Gasteiger charge is -2.25. The van der Waals surface area contributed by atoms with Crippen LogP contribution in [0.4, 0.5) is 0 Å². The van der Waals surface area contributed by atoms with E-state index >= 15 is 0 Å². The molecule has 18 heavy (non-hydrogen) atoms. The lowest BCUT2D eigenvalue weighted by atomic mass is 9.79. The first kappa shape index (κ1) is 16.9. The first-order valence-corrected chi connectivity index (χ1v) is 6.68. The summed E-state index contributed by atoms with van der Waals surface area (Å²) in [4.78, 5) is 22.2. The van der Waals surface area contributed by atoms with Crippen molar-refractivity contribution in [2.45, 2.75) is 66.2 Å². The van der Waals surface area contributed by atoms with Gasteiger partial charge in [-0.3, -0.25) is 9.59 Å². The average molecular weight is 258 g/mol. The molecule has 0 fully saturated rings. The fourth-order valence-corrected chi connectivity index (χ4v) is 1.90. The van der Waals surface area contributed by atoms with Gasteiger partial charge in [-0.2, -0.15) is 0 Å². The number of carboxylic acid groups (broad SMARTS) is 2. The van der Waals surface area contributed by atoms with Gasteiger partial charge in [-0.15, -0.1) is 0 Å². The molecule has 4 nitrogen and oxygen atoms in total. The number of hydrogen-bond donors (Lipinski definition) is 2. The van der Waals surface area contributed by atoms with E-state index in [0.29, 0.717) is 25.7 Å². The van der Waals surface area contributed by atoms with E-state index in [-0.39, 0.29) is 0 Å². The number of unbranched alkanes of at least 4 members (excludes halogenated alkanes) is 1. The number of aliphatic carboxylic acids is 2. The third-order valence-corrected chi connectivity index (χ3v) is 4.30. The van der Waals surface area contributed by atoms with Gasteiger partial charge in [-0.25, -0.2) is 0 Å². The summed E-state index contributed by atoms with van der Waals surface area (Å²) in [5.41, 5.74) is -1.35. The maximum atomic E-state index is 11.1. The molecule has 0 saturated carbocycles. The fourth-order valence-electron chi connectivity index (χ4n) is 1.90. The molecule has 0 aliphatic rings. The Morgan fingerprint density at radius 3 is 1.28 bits per heavy atom. The third-order valence-electron chi connectivity index (χ3n) is 4.30. The van der Waals surface area contributed by atoms with Crippen LogP contribution >= 0.6 is 0 Å². The Balaban J connectivity index is 4.21. The Hall–Kier alpha value is -1.06. The summed E-state index contributed by atoms with van der Waals surface area (Å²) < 4.78 is 0. The highest BCUT2D eigenvalue weighted by atomic mass is 16.4. The SMILES string of the molecule is CCC(C)(CCCCC(C)(CC)C(=O)O)C(=O)O. The van der Waals surface area contributed by atoms with Crippen LogP contribution in [0.25, 0.3) is 0 Å². The molecule has 0 aromatic carbocycles. The Morgan fingerprint density at radius 1 is 0.833 bits per heavy atom. The minimum atomic E-state index is -0.763. The van der Waals surface area contributed by atoms with Crippen LogP contribution in [0.2, 0.25) is 0 Å². The standard InChI is InChI=1S/C14H26O4/c1-5-13(3,11(15)16)9-7-8-10-14(4,6-2)12(17)18/h5-10H2,1-4H3,(H,15,16)(H,17,18). The van der Waals surface area contributed by atoms with E-state index < -0.39 is 22.8 Å². The summed E-state index contributed by atoms with van der Waals surface area (Å²) in [5, 5.41) is 18.3. The summed E-state index contributed by atoms with van der Waals surface area (Å²) in [7, 11) is 0. The Kier molecular flexibility index (Phi) is 6.36. The van der Waals surface area contributed by atoms with Crippen molar-refractivity contribution in [2.75, 3.05) is 0 Å². The summed E-state index contributed by atoms with van der Waals surface area (Å²) >= 11 is 0. The Bertz CT molecular complexity index is 270. The maximum absolute atomic E-state index is 11.1. The van der Waals surface area contributed by atoms with Crippen LogP contribution in [0, 0.1) is 10.8 Å². The summed E-state index contributed by atoms with van der Waals surface area (Å²) in [6, 6.07) is 0. The van der Waals surface area contributed by atoms with Gasteiger partial charge in [0.25, 0.3) is 0 Å². The summed E-state index contributed by atoms with van der Waals surface area (Å²) in [5.74, 6) is -1.53. The second kappa shape index (κ2) is 6.76. The van der Waals surface area contributed by atoms with Gasteiger partial charge in [-0.1, -0.05) is 26.7 Å². The number of hydrogen-bond acceptors (Lipinski definition) is 2. The highest BCUT2D eigenvalue weighted by molar-refractivity contribution is 5.74. The van der Waals surface area contributed by atoms with Crippen LogP contribution in [0.15, 0.2) is 0 Å². The van der Waals surface area contributed by atoms with Gasteiger partial charge in [0.15, 0.2) is 0 Å². The maximum Gasteiger partial charge on any atom is 0.309 e. The molecule has 0 aromatic heterocycles. The zero-order valence-electron chi connectivity index (χ0n) is 12.0. The molecular formula is C14H26O4. The molecule has 0 bridgehead atoms. The second-order valence-electron chi connectivity index (χ2n) is 5.65. The molecular weight excluding hydrogens is 232 g/mol. The molecule has 0 heterocycles. The molecule has 0 rings (SSSR count). The van der Waals surface area contributed by atoms with E-state index in [1.54, 1.807) is 13.8 Å². The van der Waals surface area contributed by atoms with E-state index in [0.717, 1.165) is 12.8 Å². The quantitative estimate of drug-likeness (QED) is 0.620. The van der Waals surface area contributed by atoms with Crippen molar-refractivity contribution in [3.05, 3.63) is 0 Å². The van der Waals surface area contributed by atoms with E-state index in [1.165, 1.54) is 0 Å². The highest BCUT2D eigenvalue weighted by Gasteiger charge is 2.32. The van der Waals surface area contributed by atoms with Crippen LogP contribution in [0.3, 0.4) is 0 Å². The molecule has 0 aliphatic carbocycles. The molecule has 4 heteroatoms. The Labute approximate surface area is 109 Å².